The van der Waals surface area contributed by atoms with Gasteiger partial charge in [-0.05, 0) is 24.9 Å². The maximum atomic E-state index is 11.6. The second-order valence-corrected chi connectivity index (χ2v) is 6.32. The van der Waals surface area contributed by atoms with Gasteiger partial charge in [0.1, 0.15) is 5.01 Å². The molecule has 0 bridgehead atoms. The van der Waals surface area contributed by atoms with Crippen molar-refractivity contribution in [3.05, 3.63) is 27.9 Å². The summed E-state index contributed by atoms with van der Waals surface area (Å²) in [6.45, 7) is 3.89. The molecule has 20 heavy (non-hydrogen) atoms. The monoisotopic (exact) mass is 309 g/mol. The first-order valence-corrected chi connectivity index (χ1v) is 8.43. The Labute approximate surface area is 127 Å². The summed E-state index contributed by atoms with van der Waals surface area (Å²) >= 11 is 3.33. The summed E-state index contributed by atoms with van der Waals surface area (Å²) in [5.41, 5.74) is 2.19. The van der Waals surface area contributed by atoms with Gasteiger partial charge in [0.05, 0.1) is 12.2 Å². The number of rotatable bonds is 7. The topological polar surface area (TPSA) is 45.2 Å². The third kappa shape index (κ3) is 4.40. The number of carbonyl (C=O) groups is 1. The zero-order valence-electron chi connectivity index (χ0n) is 11.8. The van der Waals surface area contributed by atoms with E-state index in [0.717, 1.165) is 23.7 Å². The van der Waals surface area contributed by atoms with E-state index in [1.807, 2.05) is 18.9 Å². The first-order valence-electron chi connectivity index (χ1n) is 6.61. The summed E-state index contributed by atoms with van der Waals surface area (Å²) in [7, 11) is 1.94. The first-order chi connectivity index (χ1) is 9.69. The van der Waals surface area contributed by atoms with Gasteiger partial charge >= 0.3 is 0 Å². The molecule has 1 amide bonds. The highest BCUT2D eigenvalue weighted by Gasteiger charge is 2.10. The summed E-state index contributed by atoms with van der Waals surface area (Å²) in [4.78, 5) is 18.2. The lowest BCUT2D eigenvalue weighted by Crippen LogP contribution is -2.35. The van der Waals surface area contributed by atoms with Gasteiger partial charge in [0.25, 0.3) is 0 Å². The molecule has 108 valence electrons. The van der Waals surface area contributed by atoms with E-state index >= 15 is 0 Å². The molecule has 2 aromatic heterocycles. The normalized spacial score (nSPS) is 10.9. The Morgan fingerprint density at radius 3 is 3.00 bits per heavy atom. The average Bonchev–Trinajstić information content (AvgIpc) is 3.06. The molecule has 0 radical (unpaired) electrons. The van der Waals surface area contributed by atoms with Gasteiger partial charge in [-0.3, -0.25) is 9.69 Å². The smallest absolute Gasteiger partial charge is 0.234 e. The SMILES string of the molecule is CCCNC(=O)CN(C)Cc1csc(-c2ccsc2)n1. The number of nitrogens with zero attached hydrogens (tertiary/aromatic N) is 2. The second-order valence-electron chi connectivity index (χ2n) is 4.68. The van der Waals surface area contributed by atoms with Crippen LogP contribution in [-0.4, -0.2) is 35.9 Å². The Balaban J connectivity index is 1.85. The molecule has 1 N–H and O–H groups in total. The second kappa shape index (κ2) is 7.52. The highest BCUT2D eigenvalue weighted by Crippen LogP contribution is 2.25. The van der Waals surface area contributed by atoms with Crippen molar-refractivity contribution in [2.45, 2.75) is 19.9 Å². The van der Waals surface area contributed by atoms with Gasteiger partial charge in [-0.2, -0.15) is 11.3 Å². The predicted octanol–water partition coefficient (Wildman–Crippen LogP) is 2.83. The van der Waals surface area contributed by atoms with E-state index in [4.69, 9.17) is 0 Å². The fraction of sp³-hybridized carbons (Fsp3) is 0.429. The lowest BCUT2D eigenvalue weighted by atomic mass is 10.3. The molecule has 2 aromatic rings. The minimum absolute atomic E-state index is 0.0719. The van der Waals surface area contributed by atoms with Crippen molar-refractivity contribution in [2.24, 2.45) is 0 Å². The number of thiazole rings is 1. The molecule has 0 atom stereocenters. The van der Waals surface area contributed by atoms with Gasteiger partial charge in [-0.15, -0.1) is 11.3 Å². The number of thiophene rings is 1. The van der Waals surface area contributed by atoms with Gasteiger partial charge in [0.15, 0.2) is 0 Å². The Kier molecular flexibility index (Phi) is 5.70. The number of carbonyl (C=O) groups excluding carboxylic acids is 1. The number of nitrogens with one attached hydrogen (secondary N) is 1. The van der Waals surface area contributed by atoms with E-state index in [0.29, 0.717) is 13.1 Å². The van der Waals surface area contributed by atoms with E-state index in [1.165, 1.54) is 5.56 Å². The summed E-state index contributed by atoms with van der Waals surface area (Å²) in [6, 6.07) is 2.08. The molecule has 2 rings (SSSR count). The van der Waals surface area contributed by atoms with Crippen molar-refractivity contribution >= 4 is 28.6 Å². The van der Waals surface area contributed by atoms with E-state index in [-0.39, 0.29) is 5.91 Å². The maximum Gasteiger partial charge on any atom is 0.234 e. The van der Waals surface area contributed by atoms with E-state index in [1.54, 1.807) is 22.7 Å². The zero-order chi connectivity index (χ0) is 14.4. The highest BCUT2D eigenvalue weighted by molar-refractivity contribution is 7.14. The summed E-state index contributed by atoms with van der Waals surface area (Å²) in [5.74, 6) is 0.0719. The third-order valence-electron chi connectivity index (χ3n) is 2.74. The van der Waals surface area contributed by atoms with Crippen LogP contribution in [0.5, 0.6) is 0 Å². The van der Waals surface area contributed by atoms with Crippen molar-refractivity contribution in [3.8, 4) is 10.6 Å². The van der Waals surface area contributed by atoms with Crippen molar-refractivity contribution < 1.29 is 4.79 Å². The first kappa shape index (κ1) is 15.2. The molecular formula is C14H19N3OS2. The minimum Gasteiger partial charge on any atom is -0.355 e. The van der Waals surface area contributed by atoms with Crippen molar-refractivity contribution in [1.29, 1.82) is 0 Å². The molecule has 0 aliphatic heterocycles. The van der Waals surface area contributed by atoms with Crippen LogP contribution in [0.25, 0.3) is 10.6 Å². The van der Waals surface area contributed by atoms with Crippen LogP contribution in [-0.2, 0) is 11.3 Å². The molecule has 4 nitrogen and oxygen atoms in total. The molecule has 0 fully saturated rings. The van der Waals surface area contributed by atoms with E-state index < -0.39 is 0 Å². The molecule has 0 saturated carbocycles. The quantitative estimate of drug-likeness (QED) is 0.855. The van der Waals surface area contributed by atoms with Crippen molar-refractivity contribution in [2.75, 3.05) is 20.1 Å². The summed E-state index contributed by atoms with van der Waals surface area (Å²) < 4.78 is 0. The maximum absolute atomic E-state index is 11.6. The zero-order valence-corrected chi connectivity index (χ0v) is 13.4. The molecule has 0 aliphatic rings. The molecule has 6 heteroatoms. The van der Waals surface area contributed by atoms with Crippen molar-refractivity contribution in [1.82, 2.24) is 15.2 Å². The van der Waals surface area contributed by atoms with Gasteiger partial charge in [-0.1, -0.05) is 6.92 Å². The Bertz CT molecular complexity index is 536. The number of hydrogen-bond donors (Lipinski definition) is 1. The number of aromatic nitrogens is 1. The summed E-state index contributed by atoms with van der Waals surface area (Å²) in [6.07, 6.45) is 0.964. The number of hydrogen-bond acceptors (Lipinski definition) is 5. The molecule has 0 aromatic carbocycles. The van der Waals surface area contributed by atoms with E-state index in [2.05, 4.69) is 32.5 Å². The fourth-order valence-electron chi connectivity index (χ4n) is 1.80. The number of amides is 1. The molecule has 0 saturated heterocycles. The molecule has 0 unspecified atom stereocenters. The predicted molar refractivity (Wildman–Crippen MR) is 85.1 cm³/mol. The average molecular weight is 309 g/mol. The summed E-state index contributed by atoms with van der Waals surface area (Å²) in [5, 5.41) is 10.1. The van der Waals surface area contributed by atoms with Crippen molar-refractivity contribution in [3.63, 3.8) is 0 Å². The van der Waals surface area contributed by atoms with Gasteiger partial charge < -0.3 is 5.32 Å². The standard InChI is InChI=1S/C14H19N3OS2/c1-3-5-15-13(18)8-17(2)7-12-10-20-14(16-12)11-4-6-19-9-11/h4,6,9-10H,3,5,7-8H2,1-2H3,(H,15,18). The Morgan fingerprint density at radius 1 is 1.45 bits per heavy atom. The lowest BCUT2D eigenvalue weighted by Gasteiger charge is -2.14. The van der Waals surface area contributed by atoms with Crippen LogP contribution in [0.3, 0.4) is 0 Å². The Morgan fingerprint density at radius 2 is 2.30 bits per heavy atom. The van der Waals surface area contributed by atoms with Crippen LogP contribution in [0, 0.1) is 0 Å². The van der Waals surface area contributed by atoms with Crippen LogP contribution in [0.15, 0.2) is 22.2 Å². The molecule has 0 spiro atoms. The van der Waals surface area contributed by atoms with Gasteiger partial charge in [0.2, 0.25) is 5.91 Å². The van der Waals surface area contributed by atoms with Crippen LogP contribution >= 0.6 is 22.7 Å². The van der Waals surface area contributed by atoms with E-state index in [9.17, 15) is 4.79 Å². The third-order valence-corrected chi connectivity index (χ3v) is 4.36. The molecular weight excluding hydrogens is 290 g/mol. The Hall–Kier alpha value is -1.24. The molecule has 0 aliphatic carbocycles. The lowest BCUT2D eigenvalue weighted by molar-refractivity contribution is -0.122. The molecule has 2 heterocycles. The van der Waals surface area contributed by atoms with Crippen LogP contribution in [0.4, 0.5) is 0 Å². The fourth-order valence-corrected chi connectivity index (χ4v) is 3.32. The van der Waals surface area contributed by atoms with Gasteiger partial charge in [-0.25, -0.2) is 4.98 Å². The number of likely N-dealkylation sites (N-methyl/N-ethyl adjacent to an activating group) is 1. The van der Waals surface area contributed by atoms with Gasteiger partial charge in [0, 0.05) is 29.4 Å². The van der Waals surface area contributed by atoms with Crippen LogP contribution < -0.4 is 5.32 Å². The highest BCUT2D eigenvalue weighted by atomic mass is 32.1. The van der Waals surface area contributed by atoms with Crippen LogP contribution in [0.2, 0.25) is 0 Å². The minimum atomic E-state index is 0.0719. The van der Waals surface area contributed by atoms with Crippen LogP contribution in [0.1, 0.15) is 19.0 Å². The largest absolute Gasteiger partial charge is 0.355 e.